The molecule has 2 aromatic rings. The molecule has 0 unspecified atom stereocenters. The topological polar surface area (TPSA) is 51.0 Å². The number of hydrogen-bond donors (Lipinski definition) is 1. The molecule has 1 N–H and O–H groups in total. The molecule has 1 aliphatic rings. The molecule has 1 aromatic carbocycles. The molecule has 112 valence electrons. The Balaban J connectivity index is 1.64. The van der Waals surface area contributed by atoms with Crippen LogP contribution in [0, 0.1) is 19.8 Å². The van der Waals surface area contributed by atoms with E-state index in [1.807, 2.05) is 0 Å². The van der Waals surface area contributed by atoms with Gasteiger partial charge in [0.1, 0.15) is 0 Å². The average molecular weight is 285 g/mol. The third kappa shape index (κ3) is 3.91. The molecule has 4 nitrogen and oxygen atoms in total. The Bertz CT molecular complexity index is 580. The van der Waals surface area contributed by atoms with Crippen molar-refractivity contribution in [1.29, 1.82) is 0 Å². The molecule has 1 aliphatic heterocycles. The summed E-state index contributed by atoms with van der Waals surface area (Å²) in [5.41, 5.74) is 3.81. The molecule has 0 bridgehead atoms. The molecule has 0 aliphatic carbocycles. The number of aryl methyl sites for hydroxylation is 2. The standard InChI is InChI=1S/C17H23N3O/c1-12-7-13(2)9-15(8-12)10-16-19-17(21-20-16)11-14-3-5-18-6-4-14/h7-9,14,18H,3-6,10-11H2,1-2H3. The maximum atomic E-state index is 5.42. The Hall–Kier alpha value is -1.68. The molecule has 21 heavy (non-hydrogen) atoms. The van der Waals surface area contributed by atoms with E-state index in [9.17, 15) is 0 Å². The van der Waals surface area contributed by atoms with Gasteiger partial charge in [-0.05, 0) is 51.3 Å². The normalized spacial score (nSPS) is 16.3. The third-order valence-corrected chi connectivity index (χ3v) is 4.08. The first-order valence-corrected chi connectivity index (χ1v) is 7.78. The highest BCUT2D eigenvalue weighted by molar-refractivity contribution is 5.30. The van der Waals surface area contributed by atoms with E-state index in [-0.39, 0.29) is 0 Å². The van der Waals surface area contributed by atoms with Crippen LogP contribution in [0.5, 0.6) is 0 Å². The van der Waals surface area contributed by atoms with Gasteiger partial charge >= 0.3 is 0 Å². The van der Waals surface area contributed by atoms with Gasteiger partial charge in [0, 0.05) is 12.8 Å². The monoisotopic (exact) mass is 285 g/mol. The number of rotatable bonds is 4. The Morgan fingerprint density at radius 2 is 1.86 bits per heavy atom. The Labute approximate surface area is 126 Å². The van der Waals surface area contributed by atoms with Crippen LogP contribution in [0.3, 0.4) is 0 Å². The zero-order valence-corrected chi connectivity index (χ0v) is 12.9. The van der Waals surface area contributed by atoms with Gasteiger partial charge < -0.3 is 9.84 Å². The summed E-state index contributed by atoms with van der Waals surface area (Å²) in [6.45, 7) is 6.45. The smallest absolute Gasteiger partial charge is 0.226 e. The van der Waals surface area contributed by atoms with Crippen LogP contribution in [-0.2, 0) is 12.8 Å². The van der Waals surface area contributed by atoms with Gasteiger partial charge in [-0.2, -0.15) is 4.98 Å². The van der Waals surface area contributed by atoms with Crippen LogP contribution >= 0.6 is 0 Å². The Morgan fingerprint density at radius 3 is 2.57 bits per heavy atom. The van der Waals surface area contributed by atoms with E-state index in [2.05, 4.69) is 47.5 Å². The fraction of sp³-hybridized carbons (Fsp3) is 0.529. The molecule has 0 radical (unpaired) electrons. The van der Waals surface area contributed by atoms with Crippen LogP contribution in [0.4, 0.5) is 0 Å². The molecule has 2 heterocycles. The first-order valence-electron chi connectivity index (χ1n) is 7.78. The molecule has 1 saturated heterocycles. The zero-order chi connectivity index (χ0) is 14.7. The van der Waals surface area contributed by atoms with Gasteiger partial charge in [-0.25, -0.2) is 0 Å². The van der Waals surface area contributed by atoms with Gasteiger partial charge in [0.15, 0.2) is 5.82 Å². The highest BCUT2D eigenvalue weighted by Crippen LogP contribution is 2.18. The van der Waals surface area contributed by atoms with Gasteiger partial charge in [-0.15, -0.1) is 0 Å². The lowest BCUT2D eigenvalue weighted by Gasteiger charge is -2.20. The first kappa shape index (κ1) is 14.3. The molecule has 0 saturated carbocycles. The van der Waals surface area contributed by atoms with Crippen LogP contribution in [0.15, 0.2) is 22.7 Å². The van der Waals surface area contributed by atoms with E-state index < -0.39 is 0 Å². The van der Waals surface area contributed by atoms with Crippen molar-refractivity contribution in [3.05, 3.63) is 46.6 Å². The molecule has 3 rings (SSSR count). The number of aromatic nitrogens is 2. The molecule has 0 amide bonds. The second-order valence-electron chi connectivity index (χ2n) is 6.17. The summed E-state index contributed by atoms with van der Waals surface area (Å²) < 4.78 is 5.42. The number of nitrogens with zero attached hydrogens (tertiary/aromatic N) is 2. The van der Waals surface area contributed by atoms with Crippen molar-refractivity contribution < 1.29 is 4.52 Å². The fourth-order valence-electron chi connectivity index (χ4n) is 3.13. The van der Waals surface area contributed by atoms with E-state index >= 15 is 0 Å². The Morgan fingerprint density at radius 1 is 1.14 bits per heavy atom. The van der Waals surface area contributed by atoms with E-state index in [0.29, 0.717) is 5.92 Å². The summed E-state index contributed by atoms with van der Waals surface area (Å²) >= 11 is 0. The molecule has 0 spiro atoms. The van der Waals surface area contributed by atoms with Crippen LogP contribution < -0.4 is 5.32 Å². The maximum absolute atomic E-state index is 5.42. The largest absolute Gasteiger partial charge is 0.339 e. The predicted molar refractivity (Wildman–Crippen MR) is 82.3 cm³/mol. The Kier molecular flexibility index (Phi) is 4.34. The van der Waals surface area contributed by atoms with E-state index in [4.69, 9.17) is 4.52 Å². The third-order valence-electron chi connectivity index (χ3n) is 4.08. The molecule has 1 aromatic heterocycles. The minimum atomic E-state index is 0.681. The van der Waals surface area contributed by atoms with Gasteiger partial charge in [0.25, 0.3) is 0 Å². The summed E-state index contributed by atoms with van der Waals surface area (Å²) in [7, 11) is 0. The lowest BCUT2D eigenvalue weighted by molar-refractivity contribution is 0.312. The molecule has 0 atom stereocenters. The van der Waals surface area contributed by atoms with Crippen LogP contribution in [-0.4, -0.2) is 23.2 Å². The van der Waals surface area contributed by atoms with Crippen molar-refractivity contribution in [1.82, 2.24) is 15.5 Å². The van der Waals surface area contributed by atoms with E-state index in [1.165, 1.54) is 29.5 Å². The predicted octanol–water partition coefficient (Wildman–Crippen LogP) is 2.82. The highest BCUT2D eigenvalue weighted by Gasteiger charge is 2.17. The van der Waals surface area contributed by atoms with Crippen LogP contribution in [0.2, 0.25) is 0 Å². The lowest BCUT2D eigenvalue weighted by atomic mass is 9.95. The van der Waals surface area contributed by atoms with Crippen molar-refractivity contribution >= 4 is 0 Å². The SMILES string of the molecule is Cc1cc(C)cc(Cc2noc(CC3CCNCC3)n2)c1. The minimum Gasteiger partial charge on any atom is -0.339 e. The zero-order valence-electron chi connectivity index (χ0n) is 12.9. The van der Waals surface area contributed by atoms with Crippen LogP contribution in [0.25, 0.3) is 0 Å². The van der Waals surface area contributed by atoms with E-state index in [1.54, 1.807) is 0 Å². The second kappa shape index (κ2) is 6.39. The van der Waals surface area contributed by atoms with Crippen LogP contribution in [0.1, 0.15) is 41.2 Å². The van der Waals surface area contributed by atoms with Gasteiger partial charge in [-0.1, -0.05) is 34.5 Å². The van der Waals surface area contributed by atoms with Crippen molar-refractivity contribution in [2.45, 2.75) is 39.5 Å². The number of hydrogen-bond acceptors (Lipinski definition) is 4. The molecule has 1 fully saturated rings. The van der Waals surface area contributed by atoms with Crippen molar-refractivity contribution in [3.8, 4) is 0 Å². The quantitative estimate of drug-likeness (QED) is 0.938. The number of nitrogens with one attached hydrogen (secondary N) is 1. The second-order valence-corrected chi connectivity index (χ2v) is 6.17. The maximum Gasteiger partial charge on any atom is 0.226 e. The molecular formula is C17H23N3O. The minimum absolute atomic E-state index is 0.681. The van der Waals surface area contributed by atoms with Gasteiger partial charge in [0.05, 0.1) is 0 Å². The number of benzene rings is 1. The summed E-state index contributed by atoms with van der Waals surface area (Å²) in [6.07, 6.45) is 4.07. The molecular weight excluding hydrogens is 262 g/mol. The summed E-state index contributed by atoms with van der Waals surface area (Å²) in [5, 5.41) is 7.52. The average Bonchev–Trinajstić information content (AvgIpc) is 2.86. The van der Waals surface area contributed by atoms with Crippen molar-refractivity contribution in [3.63, 3.8) is 0 Å². The lowest BCUT2D eigenvalue weighted by Crippen LogP contribution is -2.28. The van der Waals surface area contributed by atoms with Crippen molar-refractivity contribution in [2.24, 2.45) is 5.92 Å². The highest BCUT2D eigenvalue weighted by atomic mass is 16.5. The molecule has 4 heteroatoms. The first-order chi connectivity index (χ1) is 10.2. The van der Waals surface area contributed by atoms with Crippen molar-refractivity contribution in [2.75, 3.05) is 13.1 Å². The summed E-state index contributed by atoms with van der Waals surface area (Å²) in [4.78, 5) is 4.56. The van der Waals surface area contributed by atoms with Gasteiger partial charge in [0.2, 0.25) is 5.89 Å². The summed E-state index contributed by atoms with van der Waals surface area (Å²) in [5.74, 6) is 2.27. The van der Waals surface area contributed by atoms with Gasteiger partial charge in [-0.3, -0.25) is 0 Å². The fourth-order valence-corrected chi connectivity index (χ4v) is 3.13. The summed E-state index contributed by atoms with van der Waals surface area (Å²) in [6, 6.07) is 6.56. The number of piperidine rings is 1. The van der Waals surface area contributed by atoms with E-state index in [0.717, 1.165) is 37.6 Å².